The SMILES string of the molecule is CC(C)C(C)NC(=O)N1CC2CC(N)CC1C2. The van der Waals surface area contributed by atoms with Gasteiger partial charge < -0.3 is 16.0 Å². The number of nitrogens with two attached hydrogens (primary N) is 1. The van der Waals surface area contributed by atoms with E-state index in [2.05, 4.69) is 26.1 Å². The smallest absolute Gasteiger partial charge is 0.317 e. The van der Waals surface area contributed by atoms with E-state index in [1.54, 1.807) is 0 Å². The highest BCUT2D eigenvalue weighted by Gasteiger charge is 2.40. The molecule has 98 valence electrons. The Bertz CT molecular complexity index is 292. The van der Waals surface area contributed by atoms with Crippen LogP contribution in [-0.4, -0.2) is 35.6 Å². The molecule has 2 amide bonds. The lowest BCUT2D eigenvalue weighted by Crippen LogP contribution is -2.48. The number of fused-ring (bicyclic) bond motifs is 2. The van der Waals surface area contributed by atoms with Crippen LogP contribution in [0.15, 0.2) is 0 Å². The highest BCUT2D eigenvalue weighted by Crippen LogP contribution is 2.34. The van der Waals surface area contributed by atoms with E-state index in [-0.39, 0.29) is 12.1 Å². The van der Waals surface area contributed by atoms with Gasteiger partial charge in [0, 0.05) is 24.7 Å². The van der Waals surface area contributed by atoms with Crippen molar-refractivity contribution >= 4 is 6.03 Å². The van der Waals surface area contributed by atoms with Gasteiger partial charge in [-0.1, -0.05) is 13.8 Å². The van der Waals surface area contributed by atoms with Gasteiger partial charge in [0.15, 0.2) is 0 Å². The molecule has 1 saturated heterocycles. The Balaban J connectivity index is 1.92. The van der Waals surface area contributed by atoms with Crippen LogP contribution in [-0.2, 0) is 0 Å². The lowest BCUT2D eigenvalue weighted by atomic mass is 9.87. The van der Waals surface area contributed by atoms with Crippen LogP contribution in [0.25, 0.3) is 0 Å². The number of urea groups is 1. The van der Waals surface area contributed by atoms with Crippen molar-refractivity contribution in [2.24, 2.45) is 17.6 Å². The number of carbonyl (C=O) groups is 1. The molecule has 2 fully saturated rings. The molecule has 2 aliphatic rings. The van der Waals surface area contributed by atoms with E-state index in [0.29, 0.717) is 23.9 Å². The zero-order chi connectivity index (χ0) is 12.6. The quantitative estimate of drug-likeness (QED) is 0.768. The molecule has 0 aromatic rings. The number of likely N-dealkylation sites (tertiary alicyclic amines) is 1. The van der Waals surface area contributed by atoms with Crippen molar-refractivity contribution in [2.75, 3.05) is 6.54 Å². The second-order valence-corrected chi connectivity index (χ2v) is 6.12. The van der Waals surface area contributed by atoms with Crippen molar-refractivity contribution in [2.45, 2.75) is 58.2 Å². The number of hydrogen-bond donors (Lipinski definition) is 2. The van der Waals surface area contributed by atoms with E-state index < -0.39 is 0 Å². The fourth-order valence-corrected chi connectivity index (χ4v) is 2.97. The summed E-state index contributed by atoms with van der Waals surface area (Å²) in [7, 11) is 0. The summed E-state index contributed by atoms with van der Waals surface area (Å²) in [6, 6.07) is 1.01. The summed E-state index contributed by atoms with van der Waals surface area (Å²) < 4.78 is 0. The van der Waals surface area contributed by atoms with Crippen LogP contribution in [0.2, 0.25) is 0 Å². The van der Waals surface area contributed by atoms with E-state index in [1.165, 1.54) is 0 Å². The standard InChI is InChI=1S/C13H25N3O/c1-8(2)9(3)15-13(17)16-7-10-4-11(14)6-12(16)5-10/h8-12H,4-7,14H2,1-3H3,(H,15,17). The van der Waals surface area contributed by atoms with Gasteiger partial charge >= 0.3 is 6.03 Å². The third-order valence-corrected chi connectivity index (χ3v) is 4.32. The van der Waals surface area contributed by atoms with Crippen LogP contribution in [0.3, 0.4) is 0 Å². The predicted molar refractivity (Wildman–Crippen MR) is 68.6 cm³/mol. The number of nitrogens with one attached hydrogen (secondary N) is 1. The molecule has 4 heteroatoms. The number of amides is 2. The third-order valence-electron chi connectivity index (χ3n) is 4.32. The van der Waals surface area contributed by atoms with Crippen LogP contribution in [0.1, 0.15) is 40.0 Å². The highest BCUT2D eigenvalue weighted by atomic mass is 16.2. The first-order chi connectivity index (χ1) is 7.97. The van der Waals surface area contributed by atoms with Gasteiger partial charge in [-0.25, -0.2) is 4.79 Å². The van der Waals surface area contributed by atoms with E-state index in [0.717, 1.165) is 25.8 Å². The molecule has 0 aromatic carbocycles. The van der Waals surface area contributed by atoms with E-state index in [9.17, 15) is 4.79 Å². The Morgan fingerprint density at radius 3 is 2.65 bits per heavy atom. The molecule has 1 saturated carbocycles. The predicted octanol–water partition coefficient (Wildman–Crippen LogP) is 1.55. The van der Waals surface area contributed by atoms with Crippen LogP contribution >= 0.6 is 0 Å². The molecule has 4 unspecified atom stereocenters. The van der Waals surface area contributed by atoms with Gasteiger partial charge in [-0.05, 0) is 38.0 Å². The second kappa shape index (κ2) is 4.84. The first kappa shape index (κ1) is 12.7. The van der Waals surface area contributed by atoms with Gasteiger partial charge in [0.05, 0.1) is 0 Å². The number of rotatable bonds is 2. The monoisotopic (exact) mass is 239 g/mol. The molecular formula is C13H25N3O. The Labute approximate surface area is 104 Å². The van der Waals surface area contributed by atoms with Gasteiger partial charge in [-0.15, -0.1) is 0 Å². The van der Waals surface area contributed by atoms with Crippen molar-refractivity contribution in [1.82, 2.24) is 10.2 Å². The molecule has 2 bridgehead atoms. The fourth-order valence-electron chi connectivity index (χ4n) is 2.97. The fraction of sp³-hybridized carbons (Fsp3) is 0.923. The van der Waals surface area contributed by atoms with Gasteiger partial charge in [0.25, 0.3) is 0 Å². The minimum Gasteiger partial charge on any atom is -0.335 e. The largest absolute Gasteiger partial charge is 0.335 e. The molecule has 4 atom stereocenters. The number of hydrogen-bond acceptors (Lipinski definition) is 2. The van der Waals surface area contributed by atoms with Crippen molar-refractivity contribution in [3.05, 3.63) is 0 Å². The van der Waals surface area contributed by atoms with Gasteiger partial charge in [-0.3, -0.25) is 0 Å². The molecule has 0 radical (unpaired) electrons. The summed E-state index contributed by atoms with van der Waals surface area (Å²) in [5, 5.41) is 3.09. The molecule has 0 aromatic heterocycles. The topological polar surface area (TPSA) is 58.4 Å². The van der Waals surface area contributed by atoms with Crippen LogP contribution < -0.4 is 11.1 Å². The Kier molecular flexibility index (Phi) is 3.61. The highest BCUT2D eigenvalue weighted by molar-refractivity contribution is 5.75. The maximum Gasteiger partial charge on any atom is 0.317 e. The molecule has 3 N–H and O–H groups in total. The summed E-state index contributed by atoms with van der Waals surface area (Å²) in [5.74, 6) is 1.10. The molecule has 4 nitrogen and oxygen atoms in total. The average molecular weight is 239 g/mol. The minimum absolute atomic E-state index is 0.104. The van der Waals surface area contributed by atoms with Crippen molar-refractivity contribution < 1.29 is 4.79 Å². The first-order valence-corrected chi connectivity index (χ1v) is 6.80. The number of nitrogens with zero attached hydrogens (tertiary/aromatic N) is 1. The van der Waals surface area contributed by atoms with Gasteiger partial charge in [-0.2, -0.15) is 0 Å². The number of carbonyl (C=O) groups excluding carboxylic acids is 1. The maximum atomic E-state index is 12.2. The average Bonchev–Trinajstić information content (AvgIpc) is 2.53. The second-order valence-electron chi connectivity index (χ2n) is 6.12. The van der Waals surface area contributed by atoms with E-state index in [4.69, 9.17) is 5.73 Å². The summed E-state index contributed by atoms with van der Waals surface area (Å²) in [4.78, 5) is 14.2. The van der Waals surface area contributed by atoms with E-state index >= 15 is 0 Å². The van der Waals surface area contributed by atoms with Crippen LogP contribution in [0.4, 0.5) is 4.79 Å². The summed E-state index contributed by atoms with van der Waals surface area (Å²) in [6.45, 7) is 7.22. The van der Waals surface area contributed by atoms with Crippen molar-refractivity contribution in [3.63, 3.8) is 0 Å². The van der Waals surface area contributed by atoms with Crippen LogP contribution in [0.5, 0.6) is 0 Å². The molecule has 2 rings (SSSR count). The lowest BCUT2D eigenvalue weighted by Gasteiger charge is -2.29. The molecule has 1 heterocycles. The Morgan fingerprint density at radius 1 is 1.29 bits per heavy atom. The lowest BCUT2D eigenvalue weighted by molar-refractivity contribution is 0.183. The first-order valence-electron chi connectivity index (χ1n) is 6.80. The molecule has 1 aliphatic heterocycles. The van der Waals surface area contributed by atoms with E-state index in [1.807, 2.05) is 4.90 Å². The summed E-state index contributed by atoms with van der Waals surface area (Å²) in [6.07, 6.45) is 3.21. The molecular weight excluding hydrogens is 214 g/mol. The third kappa shape index (κ3) is 2.73. The van der Waals surface area contributed by atoms with Crippen LogP contribution in [0, 0.1) is 11.8 Å². The van der Waals surface area contributed by atoms with Gasteiger partial charge in [0.2, 0.25) is 0 Å². The minimum atomic E-state index is 0.104. The zero-order valence-electron chi connectivity index (χ0n) is 11.1. The van der Waals surface area contributed by atoms with Crippen molar-refractivity contribution in [1.29, 1.82) is 0 Å². The Morgan fingerprint density at radius 2 is 2.00 bits per heavy atom. The maximum absolute atomic E-state index is 12.2. The summed E-state index contributed by atoms with van der Waals surface area (Å²) >= 11 is 0. The molecule has 17 heavy (non-hydrogen) atoms. The summed E-state index contributed by atoms with van der Waals surface area (Å²) in [5.41, 5.74) is 6.01. The Hall–Kier alpha value is -0.770. The van der Waals surface area contributed by atoms with Gasteiger partial charge in [0.1, 0.15) is 0 Å². The molecule has 1 aliphatic carbocycles. The zero-order valence-corrected chi connectivity index (χ0v) is 11.1. The normalized spacial score (nSPS) is 33.9. The van der Waals surface area contributed by atoms with Crippen molar-refractivity contribution in [3.8, 4) is 0 Å². The molecule has 0 spiro atoms.